The molecule has 1 heterocycles. The number of aromatic nitrogens is 2. The van der Waals surface area contributed by atoms with Crippen molar-refractivity contribution >= 4 is 23.4 Å². The van der Waals surface area contributed by atoms with Gasteiger partial charge in [0.2, 0.25) is 5.95 Å². The van der Waals surface area contributed by atoms with E-state index in [1.54, 1.807) is 6.20 Å². The summed E-state index contributed by atoms with van der Waals surface area (Å²) in [6, 6.07) is 0. The number of anilines is 2. The molecule has 2 N–H and O–H groups in total. The zero-order chi connectivity index (χ0) is 14.4. The minimum Gasteiger partial charge on any atom is -0.368 e. The van der Waals surface area contributed by atoms with Crippen LogP contribution >= 0.6 is 11.6 Å². The van der Waals surface area contributed by atoms with E-state index < -0.39 is 0 Å². The van der Waals surface area contributed by atoms with Gasteiger partial charge in [-0.05, 0) is 24.7 Å². The third-order valence-electron chi connectivity index (χ3n) is 3.00. The average molecular weight is 285 g/mol. The van der Waals surface area contributed by atoms with Gasteiger partial charge in [0, 0.05) is 13.1 Å². The summed E-state index contributed by atoms with van der Waals surface area (Å²) in [6.07, 6.45) is 3.80. The van der Waals surface area contributed by atoms with Crippen LogP contribution in [0.3, 0.4) is 0 Å². The molecule has 0 saturated heterocycles. The highest BCUT2D eigenvalue weighted by atomic mass is 35.5. The SMILES string of the molecule is CC(C)CCN(CCC(C)C)c1nc(N)ncc1Cl. The molecule has 0 unspecified atom stereocenters. The van der Waals surface area contributed by atoms with Crippen LogP contribution in [0.2, 0.25) is 5.02 Å². The number of hydrogen-bond donors (Lipinski definition) is 1. The summed E-state index contributed by atoms with van der Waals surface area (Å²) in [4.78, 5) is 10.4. The van der Waals surface area contributed by atoms with Crippen LogP contribution in [-0.2, 0) is 0 Å². The highest BCUT2D eigenvalue weighted by Crippen LogP contribution is 2.24. The lowest BCUT2D eigenvalue weighted by Crippen LogP contribution is -2.29. The van der Waals surface area contributed by atoms with Crippen molar-refractivity contribution in [3.8, 4) is 0 Å². The number of halogens is 1. The van der Waals surface area contributed by atoms with Crippen molar-refractivity contribution in [1.82, 2.24) is 9.97 Å². The monoisotopic (exact) mass is 284 g/mol. The fourth-order valence-corrected chi connectivity index (χ4v) is 1.96. The Hall–Kier alpha value is -1.03. The third kappa shape index (κ3) is 5.64. The molecule has 0 saturated carbocycles. The Bertz CT molecular complexity index is 381. The summed E-state index contributed by atoms with van der Waals surface area (Å²) in [5.74, 6) is 2.34. The van der Waals surface area contributed by atoms with Crippen LogP contribution in [0.1, 0.15) is 40.5 Å². The molecule has 0 aliphatic heterocycles. The molecule has 0 aliphatic rings. The lowest BCUT2D eigenvalue weighted by atomic mass is 10.1. The van der Waals surface area contributed by atoms with Gasteiger partial charge < -0.3 is 10.6 Å². The molecule has 0 radical (unpaired) electrons. The standard InChI is InChI=1S/C14H25ClN4/c1-10(2)5-7-19(8-6-11(3)4)13-12(15)9-17-14(16)18-13/h9-11H,5-8H2,1-4H3,(H2,16,17,18). The number of hydrogen-bond acceptors (Lipinski definition) is 4. The molecule has 0 aliphatic carbocycles. The first-order valence-electron chi connectivity index (χ1n) is 6.93. The predicted molar refractivity (Wildman–Crippen MR) is 82.6 cm³/mol. The summed E-state index contributed by atoms with van der Waals surface area (Å²) in [6.45, 7) is 10.8. The van der Waals surface area contributed by atoms with Gasteiger partial charge in [0.05, 0.1) is 6.20 Å². The van der Waals surface area contributed by atoms with Gasteiger partial charge in [-0.1, -0.05) is 39.3 Å². The van der Waals surface area contributed by atoms with E-state index in [0.29, 0.717) is 16.9 Å². The normalized spacial score (nSPS) is 11.3. The average Bonchev–Trinajstić information content (AvgIpc) is 2.32. The third-order valence-corrected chi connectivity index (χ3v) is 3.26. The maximum absolute atomic E-state index is 6.20. The minimum absolute atomic E-state index is 0.276. The van der Waals surface area contributed by atoms with Gasteiger partial charge in [-0.25, -0.2) is 4.98 Å². The van der Waals surface area contributed by atoms with Crippen LogP contribution in [0.15, 0.2) is 6.20 Å². The topological polar surface area (TPSA) is 55.0 Å². The molecule has 0 aromatic carbocycles. The first-order chi connectivity index (χ1) is 8.90. The van der Waals surface area contributed by atoms with Gasteiger partial charge in [0.25, 0.3) is 0 Å². The molecule has 0 spiro atoms. The second kappa shape index (κ2) is 7.53. The van der Waals surface area contributed by atoms with Crippen molar-refractivity contribution in [1.29, 1.82) is 0 Å². The van der Waals surface area contributed by atoms with E-state index >= 15 is 0 Å². The van der Waals surface area contributed by atoms with E-state index in [9.17, 15) is 0 Å². The summed E-state index contributed by atoms with van der Waals surface area (Å²) in [5, 5.41) is 0.571. The zero-order valence-corrected chi connectivity index (χ0v) is 13.1. The van der Waals surface area contributed by atoms with E-state index in [2.05, 4.69) is 42.6 Å². The van der Waals surface area contributed by atoms with Gasteiger partial charge in [0.1, 0.15) is 5.02 Å². The van der Waals surface area contributed by atoms with Gasteiger partial charge in [0.15, 0.2) is 5.82 Å². The Morgan fingerprint density at radius 1 is 1.16 bits per heavy atom. The maximum atomic E-state index is 6.20. The first kappa shape index (κ1) is 16.0. The predicted octanol–water partition coefficient (Wildman–Crippen LogP) is 3.61. The smallest absolute Gasteiger partial charge is 0.222 e. The minimum atomic E-state index is 0.276. The largest absolute Gasteiger partial charge is 0.368 e. The Morgan fingerprint density at radius 3 is 2.16 bits per heavy atom. The molecule has 0 atom stereocenters. The highest BCUT2D eigenvalue weighted by Gasteiger charge is 2.14. The summed E-state index contributed by atoms with van der Waals surface area (Å²) >= 11 is 6.20. The molecule has 0 amide bonds. The number of nitrogen functional groups attached to an aromatic ring is 1. The number of nitrogens with zero attached hydrogens (tertiary/aromatic N) is 3. The van der Waals surface area contributed by atoms with Crippen molar-refractivity contribution in [3.05, 3.63) is 11.2 Å². The first-order valence-corrected chi connectivity index (χ1v) is 7.31. The van der Waals surface area contributed by atoms with Gasteiger partial charge in [-0.2, -0.15) is 4.98 Å². The highest BCUT2D eigenvalue weighted by molar-refractivity contribution is 6.32. The maximum Gasteiger partial charge on any atom is 0.222 e. The summed E-state index contributed by atoms with van der Waals surface area (Å²) in [5.41, 5.74) is 5.67. The van der Waals surface area contributed by atoms with Crippen molar-refractivity contribution in [2.24, 2.45) is 11.8 Å². The van der Waals surface area contributed by atoms with E-state index in [1.807, 2.05) is 0 Å². The van der Waals surface area contributed by atoms with Crippen LogP contribution in [0.4, 0.5) is 11.8 Å². The van der Waals surface area contributed by atoms with Crippen LogP contribution in [0, 0.1) is 11.8 Å². The molecule has 19 heavy (non-hydrogen) atoms. The lowest BCUT2D eigenvalue weighted by Gasteiger charge is -2.26. The zero-order valence-electron chi connectivity index (χ0n) is 12.4. The van der Waals surface area contributed by atoms with E-state index in [1.165, 1.54) is 0 Å². The Labute approximate surface area is 121 Å². The fourth-order valence-electron chi connectivity index (χ4n) is 1.74. The van der Waals surface area contributed by atoms with Crippen molar-refractivity contribution in [2.75, 3.05) is 23.7 Å². The number of nitrogens with two attached hydrogens (primary N) is 1. The molecule has 5 heteroatoms. The second-order valence-corrected chi connectivity index (χ2v) is 6.16. The van der Waals surface area contributed by atoms with Crippen LogP contribution in [0.25, 0.3) is 0 Å². The van der Waals surface area contributed by atoms with Crippen molar-refractivity contribution in [3.63, 3.8) is 0 Å². The molecule has 1 rings (SSSR count). The number of rotatable bonds is 7. The summed E-state index contributed by atoms with van der Waals surface area (Å²) in [7, 11) is 0. The molecule has 1 aromatic heterocycles. The fraction of sp³-hybridized carbons (Fsp3) is 0.714. The van der Waals surface area contributed by atoms with E-state index in [-0.39, 0.29) is 5.95 Å². The Kier molecular flexibility index (Phi) is 6.35. The van der Waals surface area contributed by atoms with E-state index in [0.717, 1.165) is 31.7 Å². The molecule has 0 fully saturated rings. The van der Waals surface area contributed by atoms with Crippen LogP contribution in [0.5, 0.6) is 0 Å². The molecule has 108 valence electrons. The van der Waals surface area contributed by atoms with E-state index in [4.69, 9.17) is 17.3 Å². The molecule has 0 bridgehead atoms. The van der Waals surface area contributed by atoms with Crippen molar-refractivity contribution in [2.45, 2.75) is 40.5 Å². The van der Waals surface area contributed by atoms with Gasteiger partial charge >= 0.3 is 0 Å². The second-order valence-electron chi connectivity index (χ2n) is 5.75. The van der Waals surface area contributed by atoms with Crippen LogP contribution < -0.4 is 10.6 Å². The molecule has 4 nitrogen and oxygen atoms in total. The lowest BCUT2D eigenvalue weighted by molar-refractivity contribution is 0.533. The van der Waals surface area contributed by atoms with Crippen molar-refractivity contribution < 1.29 is 0 Å². The quantitative estimate of drug-likeness (QED) is 0.831. The Balaban J connectivity index is 2.83. The van der Waals surface area contributed by atoms with Crippen LogP contribution in [-0.4, -0.2) is 23.1 Å². The summed E-state index contributed by atoms with van der Waals surface area (Å²) < 4.78 is 0. The molecule has 1 aromatic rings. The molecular weight excluding hydrogens is 260 g/mol. The molecular formula is C14H25ClN4. The van der Waals surface area contributed by atoms with Gasteiger partial charge in [-0.3, -0.25) is 0 Å². The Morgan fingerprint density at radius 2 is 1.68 bits per heavy atom. The van der Waals surface area contributed by atoms with Gasteiger partial charge in [-0.15, -0.1) is 0 Å².